The van der Waals surface area contributed by atoms with E-state index in [0.717, 1.165) is 41.7 Å². The number of carbonyl (C=O) groups excluding carboxylic acids is 1. The lowest BCUT2D eigenvalue weighted by Gasteiger charge is -2.32. The lowest BCUT2D eigenvalue weighted by atomic mass is 9.92. The molecule has 3 nitrogen and oxygen atoms in total. The number of amides is 1. The molecule has 0 saturated carbocycles. The highest BCUT2D eigenvalue weighted by Crippen LogP contribution is 2.32. The van der Waals surface area contributed by atoms with E-state index in [-0.39, 0.29) is 17.9 Å². The van der Waals surface area contributed by atoms with Crippen molar-refractivity contribution in [3.63, 3.8) is 0 Å². The zero-order valence-corrected chi connectivity index (χ0v) is 16.6. The van der Waals surface area contributed by atoms with Crippen molar-refractivity contribution in [3.8, 4) is 11.1 Å². The van der Waals surface area contributed by atoms with E-state index in [2.05, 4.69) is 19.2 Å². The highest BCUT2D eigenvalue weighted by molar-refractivity contribution is 5.80. The summed E-state index contributed by atoms with van der Waals surface area (Å²) in [7, 11) is 0. The minimum Gasteiger partial charge on any atom is -0.338 e. The molecule has 4 rings (SSSR count). The van der Waals surface area contributed by atoms with Gasteiger partial charge in [0.1, 0.15) is 0 Å². The van der Waals surface area contributed by atoms with Crippen molar-refractivity contribution in [1.29, 1.82) is 0 Å². The van der Waals surface area contributed by atoms with Crippen LogP contribution >= 0.6 is 0 Å². The molecule has 2 aliphatic rings. The van der Waals surface area contributed by atoms with E-state index in [0.29, 0.717) is 19.1 Å². The van der Waals surface area contributed by atoms with Crippen LogP contribution in [-0.2, 0) is 23.9 Å². The molecule has 1 fully saturated rings. The molecule has 0 bridgehead atoms. The minimum atomic E-state index is -4.33. The van der Waals surface area contributed by atoms with Crippen molar-refractivity contribution < 1.29 is 18.0 Å². The van der Waals surface area contributed by atoms with Gasteiger partial charge in [0.15, 0.2) is 0 Å². The number of fused-ring (bicyclic) bond motifs is 1. The zero-order chi connectivity index (χ0) is 20.8. The molecule has 2 aliphatic heterocycles. The summed E-state index contributed by atoms with van der Waals surface area (Å²) in [4.78, 5) is 15.0. The Labute approximate surface area is 168 Å². The second kappa shape index (κ2) is 7.48. The maximum absolute atomic E-state index is 13.0. The molecule has 0 radical (unpaired) electrons. The van der Waals surface area contributed by atoms with E-state index < -0.39 is 11.7 Å². The monoisotopic (exact) mass is 402 g/mol. The average molecular weight is 402 g/mol. The molecule has 0 spiro atoms. The number of alkyl halides is 3. The van der Waals surface area contributed by atoms with Crippen molar-refractivity contribution in [2.24, 2.45) is 5.92 Å². The van der Waals surface area contributed by atoms with Crippen LogP contribution in [0.2, 0.25) is 0 Å². The van der Waals surface area contributed by atoms with Crippen LogP contribution in [0.25, 0.3) is 11.1 Å². The van der Waals surface area contributed by atoms with Crippen LogP contribution in [0.4, 0.5) is 13.2 Å². The molecule has 1 saturated heterocycles. The molecule has 154 valence electrons. The quantitative estimate of drug-likeness (QED) is 0.794. The summed E-state index contributed by atoms with van der Waals surface area (Å²) in [5, 5.41) is 3.42. The van der Waals surface area contributed by atoms with E-state index in [1.54, 1.807) is 0 Å². The summed E-state index contributed by atoms with van der Waals surface area (Å²) in [5.74, 6) is 0.199. The van der Waals surface area contributed by atoms with Crippen LogP contribution in [0, 0.1) is 5.92 Å². The summed E-state index contributed by atoms with van der Waals surface area (Å²) in [5.41, 5.74) is 3.25. The number of hydrogen-bond donors (Lipinski definition) is 1. The van der Waals surface area contributed by atoms with Gasteiger partial charge in [-0.1, -0.05) is 24.3 Å². The first-order valence-electron chi connectivity index (χ1n) is 10.1. The van der Waals surface area contributed by atoms with Gasteiger partial charge < -0.3 is 10.2 Å². The lowest BCUT2D eigenvalue weighted by Crippen LogP contribution is -2.42. The first kappa shape index (κ1) is 20.0. The third-order valence-electron chi connectivity index (χ3n) is 6.15. The molecule has 2 aromatic carbocycles. The Morgan fingerprint density at radius 1 is 1.03 bits per heavy atom. The van der Waals surface area contributed by atoms with Crippen LogP contribution < -0.4 is 5.32 Å². The third kappa shape index (κ3) is 4.04. The molecule has 0 aliphatic carbocycles. The molecule has 0 aromatic heterocycles. The maximum Gasteiger partial charge on any atom is 0.416 e. The third-order valence-corrected chi connectivity index (χ3v) is 6.15. The molecule has 3 atom stereocenters. The maximum atomic E-state index is 13.0. The van der Waals surface area contributed by atoms with Gasteiger partial charge in [0.25, 0.3) is 0 Å². The first-order chi connectivity index (χ1) is 13.7. The molecular weight excluding hydrogens is 377 g/mol. The molecule has 1 unspecified atom stereocenters. The summed E-state index contributed by atoms with van der Waals surface area (Å²) >= 11 is 0. The van der Waals surface area contributed by atoms with Crippen LogP contribution in [0.5, 0.6) is 0 Å². The molecule has 6 heteroatoms. The van der Waals surface area contributed by atoms with Crippen LogP contribution in [0.3, 0.4) is 0 Å². The normalized spacial score (nSPS) is 24.4. The van der Waals surface area contributed by atoms with Gasteiger partial charge in [0, 0.05) is 25.2 Å². The van der Waals surface area contributed by atoms with Gasteiger partial charge in [0.2, 0.25) is 5.91 Å². The number of benzene rings is 2. The fourth-order valence-electron chi connectivity index (χ4n) is 4.54. The molecular formula is C23H25F3N2O. The number of halogens is 3. The Balaban J connectivity index is 1.53. The van der Waals surface area contributed by atoms with Crippen molar-refractivity contribution in [2.75, 3.05) is 6.54 Å². The van der Waals surface area contributed by atoms with E-state index in [9.17, 15) is 18.0 Å². The Morgan fingerprint density at radius 3 is 2.34 bits per heavy atom. The Morgan fingerprint density at radius 2 is 1.72 bits per heavy atom. The van der Waals surface area contributed by atoms with E-state index >= 15 is 0 Å². The standard InChI is InChI=1S/C23H25F3N2O/c1-14-11-21(15(2)27-14)22(29)28-10-9-17-3-4-18(12-19(17)13-28)16-5-7-20(8-6-16)23(24,25)26/h3-8,12,14-15,21,27H,9-11,13H2,1-2H3/t14-,15-,21?/m1/s1. The summed E-state index contributed by atoms with van der Waals surface area (Å²) in [6.07, 6.45) is -2.67. The number of rotatable bonds is 2. The van der Waals surface area contributed by atoms with E-state index in [1.807, 2.05) is 23.1 Å². The highest BCUT2D eigenvalue weighted by Gasteiger charge is 2.37. The van der Waals surface area contributed by atoms with Gasteiger partial charge >= 0.3 is 6.18 Å². The van der Waals surface area contributed by atoms with Gasteiger partial charge in [-0.25, -0.2) is 0 Å². The first-order valence-corrected chi connectivity index (χ1v) is 10.1. The van der Waals surface area contributed by atoms with Crippen LogP contribution in [0.15, 0.2) is 42.5 Å². The molecule has 2 heterocycles. The van der Waals surface area contributed by atoms with Crippen molar-refractivity contribution >= 4 is 5.91 Å². The number of carbonyl (C=O) groups is 1. The fourth-order valence-corrected chi connectivity index (χ4v) is 4.54. The Kier molecular flexibility index (Phi) is 5.15. The smallest absolute Gasteiger partial charge is 0.338 e. The molecule has 2 aromatic rings. The number of hydrogen-bond acceptors (Lipinski definition) is 2. The second-order valence-corrected chi connectivity index (χ2v) is 8.27. The van der Waals surface area contributed by atoms with Gasteiger partial charge in [-0.3, -0.25) is 4.79 Å². The highest BCUT2D eigenvalue weighted by atomic mass is 19.4. The van der Waals surface area contributed by atoms with Crippen LogP contribution in [-0.4, -0.2) is 29.4 Å². The summed E-state index contributed by atoms with van der Waals surface area (Å²) < 4.78 is 38.4. The second-order valence-electron chi connectivity index (χ2n) is 8.27. The van der Waals surface area contributed by atoms with Crippen LogP contribution in [0.1, 0.15) is 37.0 Å². The summed E-state index contributed by atoms with van der Waals surface area (Å²) in [6, 6.07) is 11.7. The number of nitrogens with zero attached hydrogens (tertiary/aromatic N) is 1. The number of nitrogens with one attached hydrogen (secondary N) is 1. The van der Waals surface area contributed by atoms with Gasteiger partial charge in [0.05, 0.1) is 11.5 Å². The fraction of sp³-hybridized carbons (Fsp3) is 0.435. The summed E-state index contributed by atoms with van der Waals surface area (Å²) in [6.45, 7) is 5.43. The SMILES string of the molecule is C[C@@H]1CC(C(=O)N2CCc3ccc(-c4ccc(C(F)(F)F)cc4)cc3C2)[C@@H](C)N1. The molecule has 1 amide bonds. The van der Waals surface area contributed by atoms with Gasteiger partial charge in [-0.15, -0.1) is 0 Å². The predicted molar refractivity (Wildman–Crippen MR) is 106 cm³/mol. The Hall–Kier alpha value is -2.34. The zero-order valence-electron chi connectivity index (χ0n) is 16.6. The Bertz CT molecular complexity index is 907. The van der Waals surface area contributed by atoms with Crippen molar-refractivity contribution in [3.05, 3.63) is 59.2 Å². The van der Waals surface area contributed by atoms with E-state index in [1.165, 1.54) is 17.7 Å². The topological polar surface area (TPSA) is 32.3 Å². The van der Waals surface area contributed by atoms with Crippen molar-refractivity contribution in [1.82, 2.24) is 10.2 Å². The molecule has 29 heavy (non-hydrogen) atoms. The average Bonchev–Trinajstić information content (AvgIpc) is 3.04. The largest absolute Gasteiger partial charge is 0.416 e. The van der Waals surface area contributed by atoms with Gasteiger partial charge in [-0.05, 0) is 67.1 Å². The minimum absolute atomic E-state index is 0.00430. The predicted octanol–water partition coefficient (Wildman–Crippen LogP) is 4.64. The molecule has 1 N–H and O–H groups in total. The lowest BCUT2D eigenvalue weighted by molar-refractivity contribution is -0.138. The van der Waals surface area contributed by atoms with E-state index in [4.69, 9.17) is 0 Å². The van der Waals surface area contributed by atoms with Gasteiger partial charge in [-0.2, -0.15) is 13.2 Å². The van der Waals surface area contributed by atoms with Crippen molar-refractivity contribution in [2.45, 2.75) is 51.5 Å².